The molecule has 3 unspecified atom stereocenters. The van der Waals surface area contributed by atoms with E-state index in [-0.39, 0.29) is 11.2 Å². The maximum atomic E-state index is 11.5. The quantitative estimate of drug-likeness (QED) is 0.710. The Morgan fingerprint density at radius 3 is 2.37 bits per heavy atom. The van der Waals surface area contributed by atoms with Crippen molar-refractivity contribution >= 4 is 0 Å². The molecular formula is C24H40O3. The van der Waals surface area contributed by atoms with E-state index in [1.807, 2.05) is 0 Å². The molecule has 7 atom stereocenters. The molecule has 5 fully saturated rings. The van der Waals surface area contributed by atoms with Gasteiger partial charge >= 0.3 is 0 Å². The Hall–Kier alpha value is -0.120. The Bertz CT molecular complexity index is 584. The summed E-state index contributed by atoms with van der Waals surface area (Å²) in [5.41, 5.74) is 0.203. The molecule has 1 saturated heterocycles. The Labute approximate surface area is 165 Å². The first-order chi connectivity index (χ1) is 12.9. The number of fused-ring (bicyclic) bond motifs is 5. The molecule has 4 aliphatic carbocycles. The molecule has 5 rings (SSSR count). The van der Waals surface area contributed by atoms with Crippen LogP contribution in [0.4, 0.5) is 0 Å². The maximum Gasteiger partial charge on any atom is 0.168 e. The normalized spacial score (nSPS) is 53.8. The molecule has 0 aromatic carbocycles. The van der Waals surface area contributed by atoms with Crippen molar-refractivity contribution in [3.05, 3.63) is 0 Å². The highest BCUT2D eigenvalue weighted by Crippen LogP contribution is 2.69. The molecular weight excluding hydrogens is 336 g/mol. The first-order valence-electron chi connectivity index (χ1n) is 11.9. The van der Waals surface area contributed by atoms with Crippen molar-refractivity contribution < 1.29 is 14.6 Å². The van der Waals surface area contributed by atoms with E-state index in [2.05, 4.69) is 20.8 Å². The van der Waals surface area contributed by atoms with Crippen LogP contribution in [0.25, 0.3) is 0 Å². The van der Waals surface area contributed by atoms with Crippen molar-refractivity contribution in [2.24, 2.45) is 34.5 Å². The van der Waals surface area contributed by atoms with Gasteiger partial charge in [0, 0.05) is 12.8 Å². The van der Waals surface area contributed by atoms with Gasteiger partial charge in [-0.05, 0) is 85.9 Å². The standard InChI is InChI=1S/C24H40O3/c1-4-9-23(25)11-8-20-18-6-5-17-16-24(26-14-15-27-24)13-12-21(17,2)19(18)7-10-22(20,23)3/h17-20,25H,4-16H2,1-3H3/t17-,18?,19?,20?,21-,22-,23-/m0/s1. The third-order valence-corrected chi connectivity index (χ3v) is 10.5. The lowest BCUT2D eigenvalue weighted by atomic mass is 9.44. The second-order valence-corrected chi connectivity index (χ2v) is 11.2. The van der Waals surface area contributed by atoms with Gasteiger partial charge in [0.05, 0.1) is 18.8 Å². The second kappa shape index (κ2) is 6.19. The SMILES string of the molecule is CCC[C@]1(O)CCC2C3CC[C@H]4CC5(CC[C@]4(C)C3CC[C@@]21C)OCCO5. The van der Waals surface area contributed by atoms with Crippen LogP contribution >= 0.6 is 0 Å². The largest absolute Gasteiger partial charge is 0.389 e. The third-order valence-electron chi connectivity index (χ3n) is 10.5. The van der Waals surface area contributed by atoms with Crippen molar-refractivity contribution in [3.8, 4) is 0 Å². The van der Waals surface area contributed by atoms with Crippen LogP contribution in [-0.2, 0) is 9.47 Å². The lowest BCUT2D eigenvalue weighted by molar-refractivity contribution is -0.232. The zero-order chi connectivity index (χ0) is 18.9. The van der Waals surface area contributed by atoms with Gasteiger partial charge in [0.1, 0.15) is 0 Å². The summed E-state index contributed by atoms with van der Waals surface area (Å²) in [6.07, 6.45) is 13.1. The minimum atomic E-state index is -0.405. The summed E-state index contributed by atoms with van der Waals surface area (Å²) in [4.78, 5) is 0. The Morgan fingerprint density at radius 1 is 0.889 bits per heavy atom. The van der Waals surface area contributed by atoms with Crippen molar-refractivity contribution in [1.29, 1.82) is 0 Å². The fraction of sp³-hybridized carbons (Fsp3) is 1.00. The number of ether oxygens (including phenoxy) is 2. The predicted molar refractivity (Wildman–Crippen MR) is 106 cm³/mol. The first kappa shape index (κ1) is 18.9. The molecule has 3 nitrogen and oxygen atoms in total. The van der Waals surface area contributed by atoms with E-state index in [9.17, 15) is 5.11 Å². The van der Waals surface area contributed by atoms with Gasteiger partial charge in [-0.1, -0.05) is 27.2 Å². The lowest BCUT2D eigenvalue weighted by Crippen LogP contribution is -2.58. The van der Waals surface area contributed by atoms with E-state index in [4.69, 9.17) is 9.47 Å². The summed E-state index contributed by atoms with van der Waals surface area (Å²) in [7, 11) is 0. The molecule has 1 spiro atoms. The zero-order valence-corrected chi connectivity index (χ0v) is 17.8. The van der Waals surface area contributed by atoms with Crippen LogP contribution in [0.5, 0.6) is 0 Å². The molecule has 5 aliphatic rings. The van der Waals surface area contributed by atoms with Gasteiger partial charge in [0.25, 0.3) is 0 Å². The number of rotatable bonds is 2. The van der Waals surface area contributed by atoms with Crippen LogP contribution in [0.1, 0.15) is 91.4 Å². The molecule has 0 aromatic rings. The zero-order valence-electron chi connectivity index (χ0n) is 17.8. The van der Waals surface area contributed by atoms with E-state index in [1.54, 1.807) is 0 Å². The fourth-order valence-corrected chi connectivity index (χ4v) is 8.89. The molecule has 1 N–H and O–H groups in total. The number of hydrogen-bond donors (Lipinski definition) is 1. The van der Waals surface area contributed by atoms with Crippen LogP contribution in [0.15, 0.2) is 0 Å². The minimum absolute atomic E-state index is 0.154. The average molecular weight is 377 g/mol. The summed E-state index contributed by atoms with van der Waals surface area (Å²) in [5.74, 6) is 2.92. The van der Waals surface area contributed by atoms with Crippen LogP contribution in [0.3, 0.4) is 0 Å². The van der Waals surface area contributed by atoms with E-state index in [0.717, 1.165) is 69.0 Å². The van der Waals surface area contributed by atoms with Gasteiger partial charge < -0.3 is 14.6 Å². The lowest BCUT2D eigenvalue weighted by Gasteiger charge is -2.62. The topological polar surface area (TPSA) is 38.7 Å². The van der Waals surface area contributed by atoms with Crippen LogP contribution in [-0.4, -0.2) is 29.7 Å². The molecule has 3 heteroatoms. The smallest absolute Gasteiger partial charge is 0.168 e. The number of hydrogen-bond acceptors (Lipinski definition) is 3. The fourth-order valence-electron chi connectivity index (χ4n) is 8.89. The second-order valence-electron chi connectivity index (χ2n) is 11.2. The summed E-state index contributed by atoms with van der Waals surface area (Å²) >= 11 is 0. The highest BCUT2D eigenvalue weighted by atomic mass is 16.7. The molecule has 1 aliphatic heterocycles. The summed E-state index contributed by atoms with van der Waals surface area (Å²) < 4.78 is 12.2. The predicted octanol–water partition coefficient (Wildman–Crippen LogP) is 5.30. The monoisotopic (exact) mass is 376 g/mol. The van der Waals surface area contributed by atoms with E-state index in [0.29, 0.717) is 5.41 Å². The van der Waals surface area contributed by atoms with E-state index >= 15 is 0 Å². The van der Waals surface area contributed by atoms with Crippen LogP contribution in [0.2, 0.25) is 0 Å². The molecule has 4 saturated carbocycles. The summed E-state index contributed by atoms with van der Waals surface area (Å²) in [5, 5.41) is 11.5. The van der Waals surface area contributed by atoms with E-state index < -0.39 is 5.60 Å². The summed E-state index contributed by atoms with van der Waals surface area (Å²) in [6, 6.07) is 0. The van der Waals surface area contributed by atoms with Crippen molar-refractivity contribution in [2.45, 2.75) is 103 Å². The van der Waals surface area contributed by atoms with Crippen molar-refractivity contribution in [3.63, 3.8) is 0 Å². The third kappa shape index (κ3) is 2.50. The average Bonchev–Trinajstić information content (AvgIpc) is 3.19. The highest BCUT2D eigenvalue weighted by Gasteiger charge is 2.65. The van der Waals surface area contributed by atoms with Crippen molar-refractivity contribution in [2.75, 3.05) is 13.2 Å². The summed E-state index contributed by atoms with van der Waals surface area (Å²) in [6.45, 7) is 8.85. The Morgan fingerprint density at radius 2 is 1.63 bits per heavy atom. The Balaban J connectivity index is 1.39. The van der Waals surface area contributed by atoms with Crippen LogP contribution in [0, 0.1) is 34.5 Å². The molecule has 0 bridgehead atoms. The van der Waals surface area contributed by atoms with Gasteiger partial charge in [0.15, 0.2) is 5.79 Å². The maximum absolute atomic E-state index is 11.5. The van der Waals surface area contributed by atoms with Gasteiger partial charge in [-0.3, -0.25) is 0 Å². The van der Waals surface area contributed by atoms with Gasteiger partial charge in [-0.2, -0.15) is 0 Å². The van der Waals surface area contributed by atoms with E-state index in [1.165, 1.54) is 38.5 Å². The molecule has 154 valence electrons. The first-order valence-corrected chi connectivity index (χ1v) is 11.9. The van der Waals surface area contributed by atoms with Gasteiger partial charge in [-0.25, -0.2) is 0 Å². The Kier molecular flexibility index (Phi) is 4.33. The number of aliphatic hydroxyl groups is 1. The minimum Gasteiger partial charge on any atom is -0.389 e. The molecule has 1 heterocycles. The van der Waals surface area contributed by atoms with Crippen molar-refractivity contribution in [1.82, 2.24) is 0 Å². The molecule has 27 heavy (non-hydrogen) atoms. The van der Waals surface area contributed by atoms with Gasteiger partial charge in [-0.15, -0.1) is 0 Å². The molecule has 0 aromatic heterocycles. The molecule has 0 radical (unpaired) electrons. The van der Waals surface area contributed by atoms with Gasteiger partial charge in [0.2, 0.25) is 0 Å². The highest BCUT2D eigenvalue weighted by molar-refractivity contribution is 5.14. The molecule has 0 amide bonds. The van der Waals surface area contributed by atoms with Crippen LogP contribution < -0.4 is 0 Å².